The van der Waals surface area contributed by atoms with E-state index >= 15 is 0 Å². The number of hydrogen-bond donors (Lipinski definition) is 3. The number of carboxylic acids is 2. The lowest BCUT2D eigenvalue weighted by atomic mass is 10.0. The topological polar surface area (TPSA) is 94.8 Å². The van der Waals surface area contributed by atoms with Gasteiger partial charge in [0.2, 0.25) is 0 Å². The summed E-state index contributed by atoms with van der Waals surface area (Å²) in [5, 5.41) is 25.4. The Kier molecular flexibility index (Phi) is 7.68. The van der Waals surface area contributed by atoms with Crippen LogP contribution in [0.25, 0.3) is 0 Å². The molecule has 0 amide bonds. The van der Waals surface area contributed by atoms with Gasteiger partial charge in [-0.1, -0.05) is 25.5 Å². The summed E-state index contributed by atoms with van der Waals surface area (Å²) in [7, 11) is 0. The lowest BCUT2D eigenvalue weighted by molar-refractivity contribution is 0.0696. The quantitative estimate of drug-likeness (QED) is 0.727. The van der Waals surface area contributed by atoms with E-state index < -0.39 is 11.9 Å². The Balaban J connectivity index is 0.000000459. The smallest absolute Gasteiger partial charge is 0.335 e. The van der Waals surface area contributed by atoms with Gasteiger partial charge in [0.1, 0.15) is 0 Å². The number of benzene rings is 1. The number of carboxylic acid groups (broad SMARTS) is 2. The fraction of sp³-hybridized carbons (Fsp3) is 0.286. The molecule has 0 aliphatic carbocycles. The van der Waals surface area contributed by atoms with Gasteiger partial charge >= 0.3 is 11.9 Å². The largest absolute Gasteiger partial charge is 0.516 e. The molecule has 1 rings (SSSR count). The zero-order valence-corrected chi connectivity index (χ0v) is 11.0. The molecule has 5 nitrogen and oxygen atoms in total. The zero-order chi connectivity index (χ0) is 14.8. The second kappa shape index (κ2) is 8.74. The first-order valence-corrected chi connectivity index (χ1v) is 5.81. The van der Waals surface area contributed by atoms with E-state index in [2.05, 4.69) is 6.92 Å². The molecule has 0 aliphatic heterocycles. The molecule has 0 unspecified atom stereocenters. The van der Waals surface area contributed by atoms with Crippen molar-refractivity contribution in [1.82, 2.24) is 0 Å². The molecule has 1 aromatic rings. The summed E-state index contributed by atoms with van der Waals surface area (Å²) in [5.41, 5.74) is 0.335. The lowest BCUT2D eigenvalue weighted by Crippen LogP contribution is -2.06. The van der Waals surface area contributed by atoms with Crippen molar-refractivity contribution in [3.05, 3.63) is 47.2 Å². The average Bonchev–Trinajstić information content (AvgIpc) is 2.36. The van der Waals surface area contributed by atoms with Crippen molar-refractivity contribution in [1.29, 1.82) is 0 Å². The number of aliphatic hydroxyl groups is 1. The van der Waals surface area contributed by atoms with Gasteiger partial charge in [0.15, 0.2) is 0 Å². The molecule has 0 aliphatic rings. The summed E-state index contributed by atoms with van der Waals surface area (Å²) in [6, 6.07) is 4.17. The Hall–Kier alpha value is -2.30. The van der Waals surface area contributed by atoms with E-state index in [4.69, 9.17) is 15.3 Å². The van der Waals surface area contributed by atoms with Crippen LogP contribution >= 0.6 is 0 Å². The highest BCUT2D eigenvalue weighted by Crippen LogP contribution is 2.13. The summed E-state index contributed by atoms with van der Waals surface area (Å²) in [6.45, 7) is 3.55. The first-order chi connectivity index (χ1) is 8.95. The molecule has 19 heavy (non-hydrogen) atoms. The van der Waals surface area contributed by atoms with Crippen LogP contribution in [0.5, 0.6) is 0 Å². The fourth-order valence-corrected chi connectivity index (χ4v) is 1.34. The molecular weight excluding hydrogens is 248 g/mol. The number of hydrogen-bond acceptors (Lipinski definition) is 3. The molecule has 0 atom stereocenters. The summed E-state index contributed by atoms with van der Waals surface area (Å²) in [4.78, 5) is 21.2. The van der Waals surface area contributed by atoms with Crippen LogP contribution in [0.4, 0.5) is 0 Å². The molecule has 1 aromatic carbocycles. The minimum Gasteiger partial charge on any atom is -0.516 e. The Morgan fingerprint density at radius 2 is 1.63 bits per heavy atom. The molecule has 0 radical (unpaired) electrons. The predicted octanol–water partition coefficient (Wildman–Crippen LogP) is 3.25. The highest BCUT2D eigenvalue weighted by Gasteiger charge is 2.13. The average molecular weight is 266 g/mol. The van der Waals surface area contributed by atoms with Gasteiger partial charge in [0.05, 0.1) is 17.4 Å². The van der Waals surface area contributed by atoms with Gasteiger partial charge in [-0.3, -0.25) is 0 Å². The number of aromatic carboxylic acids is 2. The van der Waals surface area contributed by atoms with E-state index in [1.165, 1.54) is 25.1 Å². The van der Waals surface area contributed by atoms with E-state index in [1.807, 2.05) is 0 Å². The molecular formula is C14H18O5. The number of aliphatic hydroxyl groups excluding tert-OH is 1. The van der Waals surface area contributed by atoms with Gasteiger partial charge in [-0.2, -0.15) is 0 Å². The van der Waals surface area contributed by atoms with E-state index in [9.17, 15) is 9.59 Å². The SMILES string of the molecule is CCCC=CO.Cc1c(C(=O)O)cccc1C(=O)O. The summed E-state index contributed by atoms with van der Waals surface area (Å²) < 4.78 is 0. The van der Waals surface area contributed by atoms with Crippen LogP contribution in [0, 0.1) is 6.92 Å². The maximum absolute atomic E-state index is 10.6. The number of unbranched alkanes of at least 4 members (excludes halogenated alkanes) is 1. The molecule has 0 saturated carbocycles. The van der Waals surface area contributed by atoms with E-state index in [0.29, 0.717) is 0 Å². The van der Waals surface area contributed by atoms with Crippen LogP contribution in [0.15, 0.2) is 30.5 Å². The molecule has 0 bridgehead atoms. The van der Waals surface area contributed by atoms with Gasteiger partial charge in [-0.15, -0.1) is 0 Å². The lowest BCUT2D eigenvalue weighted by Gasteiger charge is -2.03. The standard InChI is InChI=1S/C9H8O4.C5H10O/c1-5-6(8(10)11)3-2-4-7(5)9(12)13;1-2-3-4-5-6/h2-4H,1H3,(H,10,11)(H,12,13);4-6H,2-3H2,1H3. The molecule has 104 valence electrons. The summed E-state index contributed by atoms with van der Waals surface area (Å²) >= 11 is 0. The van der Waals surface area contributed by atoms with Gasteiger partial charge < -0.3 is 15.3 Å². The minimum absolute atomic E-state index is 0.0277. The van der Waals surface area contributed by atoms with Gasteiger partial charge in [0.25, 0.3) is 0 Å². The van der Waals surface area contributed by atoms with E-state index in [1.54, 1.807) is 6.08 Å². The molecule has 0 heterocycles. The Morgan fingerprint density at radius 3 is 1.89 bits per heavy atom. The van der Waals surface area contributed by atoms with Crippen LogP contribution in [-0.2, 0) is 0 Å². The molecule has 0 aromatic heterocycles. The van der Waals surface area contributed by atoms with Crippen molar-refractivity contribution in [3.63, 3.8) is 0 Å². The second-order valence-electron chi connectivity index (χ2n) is 3.76. The Bertz CT molecular complexity index is 431. The van der Waals surface area contributed by atoms with Crippen LogP contribution in [0.3, 0.4) is 0 Å². The minimum atomic E-state index is -1.11. The maximum atomic E-state index is 10.6. The normalized spacial score (nSPS) is 9.79. The molecule has 5 heteroatoms. The monoisotopic (exact) mass is 266 g/mol. The van der Waals surface area contributed by atoms with Crippen LogP contribution in [0.1, 0.15) is 46.0 Å². The van der Waals surface area contributed by atoms with Crippen LogP contribution in [-0.4, -0.2) is 27.3 Å². The predicted molar refractivity (Wildman–Crippen MR) is 71.8 cm³/mol. The molecule has 0 saturated heterocycles. The molecule has 3 N–H and O–H groups in total. The Labute approximate surface area is 111 Å². The number of carbonyl (C=O) groups is 2. The number of rotatable bonds is 4. The van der Waals surface area contributed by atoms with Crippen molar-refractivity contribution in [2.75, 3.05) is 0 Å². The van der Waals surface area contributed by atoms with Crippen molar-refractivity contribution in [3.8, 4) is 0 Å². The van der Waals surface area contributed by atoms with Crippen molar-refractivity contribution < 1.29 is 24.9 Å². The molecule has 0 fully saturated rings. The van der Waals surface area contributed by atoms with Crippen LogP contribution < -0.4 is 0 Å². The van der Waals surface area contributed by atoms with Crippen molar-refractivity contribution in [2.24, 2.45) is 0 Å². The second-order valence-corrected chi connectivity index (χ2v) is 3.76. The first kappa shape index (κ1) is 16.7. The van der Waals surface area contributed by atoms with Crippen LogP contribution in [0.2, 0.25) is 0 Å². The van der Waals surface area contributed by atoms with Gasteiger partial charge in [0, 0.05) is 0 Å². The van der Waals surface area contributed by atoms with E-state index in [0.717, 1.165) is 19.1 Å². The third-order valence-electron chi connectivity index (χ3n) is 2.36. The van der Waals surface area contributed by atoms with Gasteiger partial charge in [-0.05, 0) is 31.0 Å². The summed E-state index contributed by atoms with van der Waals surface area (Å²) in [5.74, 6) is -2.22. The summed E-state index contributed by atoms with van der Waals surface area (Å²) in [6.07, 6.45) is 4.91. The van der Waals surface area contributed by atoms with E-state index in [-0.39, 0.29) is 16.7 Å². The zero-order valence-electron chi connectivity index (χ0n) is 11.0. The van der Waals surface area contributed by atoms with Crippen molar-refractivity contribution >= 4 is 11.9 Å². The first-order valence-electron chi connectivity index (χ1n) is 5.81. The number of allylic oxidation sites excluding steroid dienone is 1. The Morgan fingerprint density at radius 1 is 1.16 bits per heavy atom. The third kappa shape index (κ3) is 5.72. The van der Waals surface area contributed by atoms with Crippen molar-refractivity contribution in [2.45, 2.75) is 26.7 Å². The highest BCUT2D eigenvalue weighted by atomic mass is 16.4. The fourth-order valence-electron chi connectivity index (χ4n) is 1.34. The maximum Gasteiger partial charge on any atom is 0.335 e. The van der Waals surface area contributed by atoms with Gasteiger partial charge in [-0.25, -0.2) is 9.59 Å². The third-order valence-corrected chi connectivity index (χ3v) is 2.36. The molecule has 0 spiro atoms. The highest BCUT2D eigenvalue weighted by molar-refractivity contribution is 5.96.